The number of quaternary nitrogens is 1. The zero-order chi connectivity index (χ0) is 19.2. The van der Waals surface area contributed by atoms with E-state index in [0.717, 1.165) is 30.9 Å². The van der Waals surface area contributed by atoms with Crippen molar-refractivity contribution in [3.05, 3.63) is 69.5 Å². The molecular weight excluding hydrogens is 346 g/mol. The first-order valence-corrected chi connectivity index (χ1v) is 9.30. The third kappa shape index (κ3) is 5.10. The number of aromatic nitrogens is 1. The van der Waals surface area contributed by atoms with E-state index in [2.05, 4.69) is 4.98 Å². The normalized spacial score (nSPS) is 15.9. The van der Waals surface area contributed by atoms with Gasteiger partial charge in [-0.1, -0.05) is 0 Å². The molecule has 1 aromatic heterocycles. The van der Waals surface area contributed by atoms with Crippen molar-refractivity contribution < 1.29 is 24.3 Å². The van der Waals surface area contributed by atoms with Crippen LogP contribution in [0, 0.1) is 17.0 Å². The number of pyridine rings is 1. The lowest BCUT2D eigenvalue weighted by Gasteiger charge is -2.27. The van der Waals surface area contributed by atoms with Crippen LogP contribution in [0.1, 0.15) is 47.0 Å². The van der Waals surface area contributed by atoms with Crippen LogP contribution in [0.25, 0.3) is 0 Å². The average Bonchev–Trinajstić information content (AvgIpc) is 2.69. The Morgan fingerprint density at radius 3 is 2.48 bits per heavy atom. The Kier molecular flexibility index (Phi) is 6.13. The lowest BCUT2D eigenvalue weighted by atomic mass is 10.1. The summed E-state index contributed by atoms with van der Waals surface area (Å²) >= 11 is 0. The van der Waals surface area contributed by atoms with Crippen molar-refractivity contribution in [2.45, 2.75) is 32.3 Å². The Labute approximate surface area is 158 Å². The highest BCUT2D eigenvalue weighted by molar-refractivity contribution is 5.89. The highest BCUT2D eigenvalue weighted by Gasteiger charge is 2.26. The van der Waals surface area contributed by atoms with Crippen LogP contribution in [0.5, 0.6) is 0 Å². The standard InChI is InChI=1S/C20H23N3O4/c1-15-5-6-17(13-21-15)19(14-22-11-3-2-4-12-22)27-20(24)16-7-9-18(10-8-16)23(25)26/h5-10,13,19H,2-4,11-12,14H2,1H3/p+2. The number of hydrogen-bond donors (Lipinski definition) is 1. The number of aryl methyl sites for hydroxylation is 1. The fraction of sp³-hybridized carbons (Fsp3) is 0.400. The molecule has 7 nitrogen and oxygen atoms in total. The monoisotopic (exact) mass is 371 g/mol. The van der Waals surface area contributed by atoms with E-state index < -0.39 is 10.9 Å². The first kappa shape index (κ1) is 19.0. The van der Waals surface area contributed by atoms with Gasteiger partial charge < -0.3 is 9.64 Å². The Morgan fingerprint density at radius 2 is 1.89 bits per heavy atom. The van der Waals surface area contributed by atoms with E-state index in [9.17, 15) is 14.9 Å². The van der Waals surface area contributed by atoms with Gasteiger partial charge in [-0.3, -0.25) is 10.1 Å². The summed E-state index contributed by atoms with van der Waals surface area (Å²) in [5, 5.41) is 10.8. The molecule has 0 saturated carbocycles. The number of non-ortho nitro benzene ring substituents is 1. The zero-order valence-electron chi connectivity index (χ0n) is 15.4. The molecule has 0 spiro atoms. The van der Waals surface area contributed by atoms with Gasteiger partial charge in [-0.05, 0) is 37.5 Å². The minimum atomic E-state index is -0.486. The summed E-state index contributed by atoms with van der Waals surface area (Å²) in [4.78, 5) is 27.5. The van der Waals surface area contributed by atoms with E-state index in [1.807, 2.05) is 25.3 Å². The molecule has 0 aliphatic carbocycles. The molecule has 2 aromatic rings. The highest BCUT2D eigenvalue weighted by atomic mass is 16.6. The first-order valence-electron chi connectivity index (χ1n) is 9.30. The lowest BCUT2D eigenvalue weighted by molar-refractivity contribution is -0.908. The zero-order valence-corrected chi connectivity index (χ0v) is 15.4. The summed E-state index contributed by atoms with van der Waals surface area (Å²) in [5.41, 5.74) is 2.22. The van der Waals surface area contributed by atoms with Crippen molar-refractivity contribution in [3.8, 4) is 0 Å². The third-order valence-corrected chi connectivity index (χ3v) is 4.96. The minimum absolute atomic E-state index is 0.0472. The van der Waals surface area contributed by atoms with Crippen LogP contribution in [0.15, 0.2) is 42.6 Å². The molecule has 1 aliphatic rings. The van der Waals surface area contributed by atoms with E-state index in [1.165, 1.54) is 48.4 Å². The maximum absolute atomic E-state index is 12.6. The van der Waals surface area contributed by atoms with Crippen LogP contribution in [0.2, 0.25) is 0 Å². The van der Waals surface area contributed by atoms with Gasteiger partial charge in [0.1, 0.15) is 6.54 Å². The number of nitro benzene ring substituents is 1. The van der Waals surface area contributed by atoms with Crippen LogP contribution in [0.4, 0.5) is 5.69 Å². The number of ether oxygens (including phenoxy) is 1. The number of rotatable bonds is 6. The number of esters is 1. The van der Waals surface area contributed by atoms with Gasteiger partial charge in [-0.2, -0.15) is 0 Å². The lowest BCUT2D eigenvalue weighted by Crippen LogP contribution is -3.13. The van der Waals surface area contributed by atoms with Crippen LogP contribution in [-0.2, 0) is 4.74 Å². The summed E-state index contributed by atoms with van der Waals surface area (Å²) in [7, 11) is 0. The summed E-state index contributed by atoms with van der Waals surface area (Å²) in [5.74, 6) is -0.466. The van der Waals surface area contributed by atoms with E-state index in [4.69, 9.17) is 4.74 Å². The Morgan fingerprint density at radius 1 is 1.19 bits per heavy atom. The molecule has 27 heavy (non-hydrogen) atoms. The van der Waals surface area contributed by atoms with Crippen molar-refractivity contribution in [2.75, 3.05) is 19.6 Å². The summed E-state index contributed by atoms with van der Waals surface area (Å²) in [6.45, 7) is 4.86. The predicted octanol–water partition coefficient (Wildman–Crippen LogP) is 1.68. The van der Waals surface area contributed by atoms with Gasteiger partial charge in [0.15, 0.2) is 18.0 Å². The van der Waals surface area contributed by atoms with Crippen LogP contribution in [-0.4, -0.2) is 30.5 Å². The topological polar surface area (TPSA) is 88.0 Å². The van der Waals surface area contributed by atoms with Gasteiger partial charge in [0.05, 0.1) is 29.1 Å². The number of benzene rings is 1. The molecule has 3 rings (SSSR count). The van der Waals surface area contributed by atoms with Crippen LogP contribution in [0.3, 0.4) is 0 Å². The van der Waals surface area contributed by atoms with E-state index in [-0.39, 0.29) is 11.8 Å². The number of nitrogens with zero attached hydrogens (tertiary/aromatic N) is 1. The molecule has 0 bridgehead atoms. The number of H-pyrrole nitrogens is 1. The molecule has 1 aromatic carbocycles. The summed E-state index contributed by atoms with van der Waals surface area (Å²) in [6, 6.07) is 9.46. The second kappa shape index (κ2) is 8.73. The minimum Gasteiger partial charge on any atom is -0.448 e. The largest absolute Gasteiger partial charge is 0.448 e. The molecular formula is C20H25N3O4+2. The van der Waals surface area contributed by atoms with Crippen molar-refractivity contribution in [3.63, 3.8) is 0 Å². The second-order valence-electron chi connectivity index (χ2n) is 7.02. The fourth-order valence-electron chi connectivity index (χ4n) is 3.38. The fourth-order valence-corrected chi connectivity index (χ4v) is 3.38. The van der Waals surface area contributed by atoms with Gasteiger partial charge in [-0.15, -0.1) is 0 Å². The number of piperidine rings is 1. The van der Waals surface area contributed by atoms with Gasteiger partial charge in [0.25, 0.3) is 5.69 Å². The molecule has 1 fully saturated rings. The van der Waals surface area contributed by atoms with E-state index >= 15 is 0 Å². The molecule has 2 heterocycles. The molecule has 1 aliphatic heterocycles. The van der Waals surface area contributed by atoms with Gasteiger partial charge >= 0.3 is 5.97 Å². The molecule has 7 heteroatoms. The Hall–Kier alpha value is -2.80. The first-order chi connectivity index (χ1) is 13.0. The second-order valence-corrected chi connectivity index (χ2v) is 7.02. The third-order valence-electron chi connectivity index (χ3n) is 4.96. The maximum Gasteiger partial charge on any atom is 0.338 e. The number of aromatic amines is 1. The van der Waals surface area contributed by atoms with Crippen LogP contribution >= 0.6 is 0 Å². The SMILES string of the molecule is Cc1ccc(C(C[NH+]2CCCCC2)OC(=O)c2ccc([N+](=O)[O-])cc2)c[nH+]1. The van der Waals surface area contributed by atoms with Crippen LogP contribution < -0.4 is 9.88 Å². The number of hydrogen-bond acceptors (Lipinski definition) is 4. The summed E-state index contributed by atoms with van der Waals surface area (Å²) < 4.78 is 5.82. The molecule has 142 valence electrons. The van der Waals surface area contributed by atoms with E-state index in [1.54, 1.807) is 0 Å². The smallest absolute Gasteiger partial charge is 0.338 e. The van der Waals surface area contributed by atoms with Gasteiger partial charge in [0, 0.05) is 25.1 Å². The molecule has 1 saturated heterocycles. The molecule has 2 N–H and O–H groups in total. The average molecular weight is 371 g/mol. The van der Waals surface area contributed by atoms with E-state index in [0.29, 0.717) is 5.56 Å². The Bertz CT molecular complexity index is 784. The molecule has 0 amide bonds. The Balaban J connectivity index is 1.75. The molecule has 1 atom stereocenters. The number of nitrogens with one attached hydrogen (secondary N) is 2. The number of carbonyl (C=O) groups is 1. The molecule has 1 unspecified atom stereocenters. The number of nitro groups is 1. The highest BCUT2D eigenvalue weighted by Crippen LogP contribution is 2.19. The van der Waals surface area contributed by atoms with Crippen molar-refractivity contribution >= 4 is 11.7 Å². The predicted molar refractivity (Wildman–Crippen MR) is 98.4 cm³/mol. The van der Waals surface area contributed by atoms with Crippen molar-refractivity contribution in [1.29, 1.82) is 0 Å². The van der Waals surface area contributed by atoms with Crippen molar-refractivity contribution in [2.24, 2.45) is 0 Å². The van der Waals surface area contributed by atoms with Gasteiger partial charge in [0.2, 0.25) is 0 Å². The summed E-state index contributed by atoms with van der Waals surface area (Å²) in [6.07, 6.45) is 5.16. The van der Waals surface area contributed by atoms with Gasteiger partial charge in [-0.25, -0.2) is 9.78 Å². The maximum atomic E-state index is 12.6. The quantitative estimate of drug-likeness (QED) is 0.475. The van der Waals surface area contributed by atoms with Crippen molar-refractivity contribution in [1.82, 2.24) is 0 Å². The molecule has 0 radical (unpaired) electrons. The number of likely N-dealkylation sites (tertiary alicyclic amines) is 1. The number of carbonyl (C=O) groups excluding carboxylic acids is 1.